The van der Waals surface area contributed by atoms with Gasteiger partial charge in [0.15, 0.2) is 5.13 Å². The van der Waals surface area contributed by atoms with Crippen LogP contribution in [0.2, 0.25) is 0 Å². The second-order valence-electron chi connectivity index (χ2n) is 9.30. The predicted molar refractivity (Wildman–Crippen MR) is 138 cm³/mol. The molecule has 0 radical (unpaired) electrons. The molecule has 1 aliphatic rings. The Bertz CT molecular complexity index is 1320. The molecule has 0 spiro atoms. The van der Waals surface area contributed by atoms with Crippen LogP contribution in [0.5, 0.6) is 0 Å². The Kier molecular flexibility index (Phi) is 7.56. The molecule has 4 rings (SSSR count). The fourth-order valence-corrected chi connectivity index (χ4v) is 7.22. The average Bonchev–Trinajstić information content (AvgIpc) is 3.44. The highest BCUT2D eigenvalue weighted by Crippen LogP contribution is 2.34. The largest absolute Gasteiger partial charge is 0.309 e. The van der Waals surface area contributed by atoms with Crippen molar-refractivity contribution in [2.75, 3.05) is 38.6 Å². The van der Waals surface area contributed by atoms with Crippen molar-refractivity contribution in [2.45, 2.75) is 44.0 Å². The number of benzene rings is 2. The fraction of sp³-hybridized carbons (Fsp3) is 0.440. The number of anilines is 1. The maximum atomic E-state index is 13.9. The molecule has 1 aliphatic heterocycles. The van der Waals surface area contributed by atoms with Crippen LogP contribution in [-0.4, -0.2) is 68.3 Å². The zero-order valence-corrected chi connectivity index (χ0v) is 22.1. The number of carbonyl (C=O) groups excluding carboxylic acids is 1. The summed E-state index contributed by atoms with van der Waals surface area (Å²) in [4.78, 5) is 22.4. The predicted octanol–water partition coefficient (Wildman–Crippen LogP) is 4.19. The summed E-state index contributed by atoms with van der Waals surface area (Å²) >= 11 is 1.46. The lowest BCUT2D eigenvalue weighted by Crippen LogP contribution is -2.48. The third kappa shape index (κ3) is 5.40. The van der Waals surface area contributed by atoms with Crippen LogP contribution in [-0.2, 0) is 14.8 Å². The Morgan fingerprint density at radius 1 is 1.17 bits per heavy atom. The summed E-state index contributed by atoms with van der Waals surface area (Å²) in [6, 6.07) is 8.02. The minimum atomic E-state index is -3.94. The quantitative estimate of drug-likeness (QED) is 0.447. The van der Waals surface area contributed by atoms with Crippen LogP contribution in [0.25, 0.3) is 10.2 Å². The summed E-state index contributed by atoms with van der Waals surface area (Å²) in [7, 11) is 0.00997. The van der Waals surface area contributed by atoms with Crippen molar-refractivity contribution in [1.29, 1.82) is 0 Å². The number of nitrogens with zero attached hydrogens (tertiary/aromatic N) is 4. The van der Waals surface area contributed by atoms with E-state index in [2.05, 4.69) is 11.0 Å². The number of thiazole rings is 1. The molecular weight excluding hydrogens is 487 g/mol. The van der Waals surface area contributed by atoms with Gasteiger partial charge in [-0.15, -0.1) is 0 Å². The first-order valence-electron chi connectivity index (χ1n) is 11.7. The molecule has 0 aliphatic carbocycles. The van der Waals surface area contributed by atoms with E-state index in [4.69, 9.17) is 4.98 Å². The molecular formula is C25H31FN4O3S2. The lowest BCUT2D eigenvalue weighted by Gasteiger charge is -2.29. The van der Waals surface area contributed by atoms with Gasteiger partial charge in [0.2, 0.25) is 15.9 Å². The SMILES string of the molecule is Cc1cc(C)c2sc(N(CCCN(C)C)C(=O)C3CCCN3S(=O)(=O)c3ccc(F)cc3)nc2c1. The molecule has 0 N–H and O–H groups in total. The Labute approximate surface area is 210 Å². The van der Waals surface area contributed by atoms with Gasteiger partial charge in [-0.05, 0) is 95.2 Å². The van der Waals surface area contributed by atoms with Crippen molar-refractivity contribution in [3.63, 3.8) is 0 Å². The lowest BCUT2D eigenvalue weighted by atomic mass is 10.1. The number of sulfonamides is 1. The van der Waals surface area contributed by atoms with E-state index in [1.807, 2.05) is 34.0 Å². The summed E-state index contributed by atoms with van der Waals surface area (Å²) in [6.07, 6.45) is 1.75. The van der Waals surface area contributed by atoms with Gasteiger partial charge in [0.25, 0.3) is 0 Å². The van der Waals surface area contributed by atoms with Gasteiger partial charge in [-0.2, -0.15) is 4.31 Å². The van der Waals surface area contributed by atoms with Crippen LogP contribution in [0.4, 0.5) is 9.52 Å². The number of hydrogen-bond donors (Lipinski definition) is 0. The van der Waals surface area contributed by atoms with Gasteiger partial charge in [0.1, 0.15) is 11.9 Å². The molecule has 3 aromatic rings. The van der Waals surface area contributed by atoms with Gasteiger partial charge in [-0.1, -0.05) is 17.4 Å². The van der Waals surface area contributed by atoms with Gasteiger partial charge in [-0.25, -0.2) is 17.8 Å². The topological polar surface area (TPSA) is 73.8 Å². The van der Waals surface area contributed by atoms with Crippen LogP contribution >= 0.6 is 11.3 Å². The average molecular weight is 519 g/mol. The maximum Gasteiger partial charge on any atom is 0.247 e. The van der Waals surface area contributed by atoms with E-state index in [-0.39, 0.29) is 17.3 Å². The molecule has 188 valence electrons. The summed E-state index contributed by atoms with van der Waals surface area (Å²) in [5.74, 6) is -0.771. The number of rotatable bonds is 8. The van der Waals surface area contributed by atoms with Crippen molar-refractivity contribution < 1.29 is 17.6 Å². The molecule has 1 fully saturated rings. The Morgan fingerprint density at radius 3 is 2.57 bits per heavy atom. The molecule has 1 unspecified atom stereocenters. The minimum Gasteiger partial charge on any atom is -0.309 e. The molecule has 10 heteroatoms. The molecule has 1 amide bonds. The number of halogens is 1. The molecule has 35 heavy (non-hydrogen) atoms. The molecule has 1 saturated heterocycles. The van der Waals surface area contributed by atoms with Crippen molar-refractivity contribution in [3.05, 3.63) is 53.3 Å². The van der Waals surface area contributed by atoms with E-state index in [1.54, 1.807) is 4.90 Å². The highest BCUT2D eigenvalue weighted by molar-refractivity contribution is 7.89. The van der Waals surface area contributed by atoms with Gasteiger partial charge >= 0.3 is 0 Å². The van der Waals surface area contributed by atoms with Crippen molar-refractivity contribution in [1.82, 2.24) is 14.2 Å². The van der Waals surface area contributed by atoms with Gasteiger partial charge in [0, 0.05) is 13.1 Å². The van der Waals surface area contributed by atoms with E-state index in [0.29, 0.717) is 24.5 Å². The summed E-state index contributed by atoms with van der Waals surface area (Å²) in [6.45, 7) is 5.52. The number of aryl methyl sites for hydroxylation is 2. The van der Waals surface area contributed by atoms with Crippen molar-refractivity contribution in [3.8, 4) is 0 Å². The van der Waals surface area contributed by atoms with Gasteiger partial charge in [0.05, 0.1) is 15.1 Å². The van der Waals surface area contributed by atoms with Crippen LogP contribution in [0.1, 0.15) is 30.4 Å². The molecule has 7 nitrogen and oxygen atoms in total. The molecule has 0 bridgehead atoms. The Morgan fingerprint density at radius 2 is 1.89 bits per heavy atom. The highest BCUT2D eigenvalue weighted by Gasteiger charge is 2.42. The second kappa shape index (κ2) is 10.3. The molecule has 2 heterocycles. The fourth-order valence-electron chi connectivity index (χ4n) is 4.52. The second-order valence-corrected chi connectivity index (χ2v) is 12.2. The normalized spacial score (nSPS) is 16.9. The first-order chi connectivity index (χ1) is 16.6. The zero-order valence-electron chi connectivity index (χ0n) is 20.5. The van der Waals surface area contributed by atoms with E-state index < -0.39 is 21.9 Å². The molecule has 0 saturated carbocycles. The number of hydrogen-bond acceptors (Lipinski definition) is 6. The van der Waals surface area contributed by atoms with E-state index in [0.717, 1.165) is 46.4 Å². The first-order valence-corrected chi connectivity index (χ1v) is 13.9. The van der Waals surface area contributed by atoms with E-state index in [1.165, 1.54) is 27.8 Å². The number of amides is 1. The third-order valence-electron chi connectivity index (χ3n) is 6.20. The molecule has 2 aromatic carbocycles. The zero-order chi connectivity index (χ0) is 25.3. The molecule has 1 atom stereocenters. The Hall–Kier alpha value is -2.40. The van der Waals surface area contributed by atoms with Crippen LogP contribution in [0.15, 0.2) is 41.3 Å². The van der Waals surface area contributed by atoms with E-state index >= 15 is 0 Å². The minimum absolute atomic E-state index is 0.0103. The maximum absolute atomic E-state index is 13.9. The van der Waals surface area contributed by atoms with Gasteiger partial charge in [-0.3, -0.25) is 9.69 Å². The standard InChI is InChI=1S/C25H31FN4O3S2/c1-17-15-18(2)23-21(16-17)27-25(34-23)29(13-6-12-28(3)4)24(31)22-7-5-14-30(22)35(32,33)20-10-8-19(26)9-11-20/h8-11,15-16,22H,5-7,12-14H2,1-4H3. The number of aromatic nitrogens is 1. The van der Waals surface area contributed by atoms with E-state index in [9.17, 15) is 17.6 Å². The summed E-state index contributed by atoms with van der Waals surface area (Å²) < 4.78 is 42.4. The third-order valence-corrected chi connectivity index (χ3v) is 9.35. The number of fused-ring (bicyclic) bond motifs is 1. The molecule has 1 aromatic heterocycles. The smallest absolute Gasteiger partial charge is 0.247 e. The Balaban J connectivity index is 1.68. The van der Waals surface area contributed by atoms with Gasteiger partial charge < -0.3 is 4.90 Å². The number of carbonyl (C=O) groups is 1. The van der Waals surface area contributed by atoms with Crippen LogP contribution in [0, 0.1) is 19.7 Å². The lowest BCUT2D eigenvalue weighted by molar-refractivity contribution is -0.121. The van der Waals surface area contributed by atoms with Crippen LogP contribution in [0.3, 0.4) is 0 Å². The first kappa shape index (κ1) is 25.7. The van der Waals surface area contributed by atoms with Crippen LogP contribution < -0.4 is 4.90 Å². The monoisotopic (exact) mass is 518 g/mol. The van der Waals surface area contributed by atoms with Crippen molar-refractivity contribution in [2.24, 2.45) is 0 Å². The summed E-state index contributed by atoms with van der Waals surface area (Å²) in [5.41, 5.74) is 3.05. The summed E-state index contributed by atoms with van der Waals surface area (Å²) in [5, 5.41) is 0.587. The highest BCUT2D eigenvalue weighted by atomic mass is 32.2. The van der Waals surface area contributed by atoms with Crippen molar-refractivity contribution >= 4 is 42.6 Å².